The van der Waals surface area contributed by atoms with Gasteiger partial charge in [-0.15, -0.1) is 0 Å². The van der Waals surface area contributed by atoms with Crippen LogP contribution in [0.25, 0.3) is 0 Å². The van der Waals surface area contributed by atoms with E-state index in [1.807, 2.05) is 6.07 Å². The van der Waals surface area contributed by atoms with Gasteiger partial charge >= 0.3 is 5.97 Å². The standard InChI is InChI=1S/C19H20N2O4/c1-14(20(13-22)16-9-5-3-6-10-16)18(23)21(15(2)19(24)25)17-11-7-4-8-12-17/h3-15H,1-2H3,(H,24,25). The van der Waals surface area contributed by atoms with Gasteiger partial charge < -0.3 is 10.0 Å². The summed E-state index contributed by atoms with van der Waals surface area (Å²) < 4.78 is 0. The summed E-state index contributed by atoms with van der Waals surface area (Å²) in [5, 5.41) is 9.38. The molecule has 2 aromatic carbocycles. The number of carboxylic acid groups (broad SMARTS) is 1. The fraction of sp³-hybridized carbons (Fsp3) is 0.211. The van der Waals surface area contributed by atoms with Crippen molar-refractivity contribution in [3.8, 4) is 0 Å². The number of aliphatic carboxylic acids is 1. The van der Waals surface area contributed by atoms with Crippen molar-refractivity contribution in [2.75, 3.05) is 9.80 Å². The maximum atomic E-state index is 13.0. The number of anilines is 2. The average Bonchev–Trinajstić information content (AvgIpc) is 2.64. The van der Waals surface area contributed by atoms with Crippen molar-refractivity contribution in [2.24, 2.45) is 0 Å². The van der Waals surface area contributed by atoms with Crippen LogP contribution >= 0.6 is 0 Å². The second kappa shape index (κ2) is 8.10. The molecule has 130 valence electrons. The Morgan fingerprint density at radius 3 is 1.80 bits per heavy atom. The van der Waals surface area contributed by atoms with E-state index < -0.39 is 24.0 Å². The van der Waals surface area contributed by atoms with Gasteiger partial charge in [0.05, 0.1) is 0 Å². The minimum absolute atomic E-state index is 0.466. The summed E-state index contributed by atoms with van der Waals surface area (Å²) in [5.41, 5.74) is 1.03. The first-order valence-corrected chi connectivity index (χ1v) is 7.87. The fourth-order valence-electron chi connectivity index (χ4n) is 2.54. The third-order valence-corrected chi connectivity index (χ3v) is 3.96. The molecule has 0 radical (unpaired) electrons. The minimum atomic E-state index is -1.12. The van der Waals surface area contributed by atoms with Crippen molar-refractivity contribution in [3.63, 3.8) is 0 Å². The monoisotopic (exact) mass is 340 g/mol. The number of benzene rings is 2. The lowest BCUT2D eigenvalue weighted by Crippen LogP contribution is -2.52. The Morgan fingerprint density at radius 1 is 0.880 bits per heavy atom. The average molecular weight is 340 g/mol. The van der Waals surface area contributed by atoms with E-state index >= 15 is 0 Å². The number of amides is 2. The predicted molar refractivity (Wildman–Crippen MR) is 95.5 cm³/mol. The zero-order valence-electron chi connectivity index (χ0n) is 14.1. The third kappa shape index (κ3) is 4.03. The lowest BCUT2D eigenvalue weighted by atomic mass is 10.1. The summed E-state index contributed by atoms with van der Waals surface area (Å²) in [4.78, 5) is 38.5. The first-order valence-electron chi connectivity index (χ1n) is 7.87. The highest BCUT2D eigenvalue weighted by Crippen LogP contribution is 2.22. The summed E-state index contributed by atoms with van der Waals surface area (Å²) in [6.07, 6.45) is 0.576. The van der Waals surface area contributed by atoms with Crippen LogP contribution in [0.1, 0.15) is 13.8 Å². The van der Waals surface area contributed by atoms with Crippen LogP contribution in [0.3, 0.4) is 0 Å². The summed E-state index contributed by atoms with van der Waals surface area (Å²) in [7, 11) is 0. The van der Waals surface area contributed by atoms with Crippen molar-refractivity contribution in [3.05, 3.63) is 60.7 Å². The fourth-order valence-corrected chi connectivity index (χ4v) is 2.54. The third-order valence-electron chi connectivity index (χ3n) is 3.96. The number of carbonyl (C=O) groups is 3. The highest BCUT2D eigenvalue weighted by Gasteiger charge is 2.33. The predicted octanol–water partition coefficient (Wildman–Crippen LogP) is 2.54. The van der Waals surface area contributed by atoms with Gasteiger partial charge in [0, 0.05) is 11.4 Å². The summed E-state index contributed by atoms with van der Waals surface area (Å²) in [6, 6.07) is 15.4. The Labute approximate surface area is 146 Å². The molecule has 2 atom stereocenters. The molecule has 6 heteroatoms. The van der Waals surface area contributed by atoms with Gasteiger partial charge in [0.1, 0.15) is 12.1 Å². The second-order valence-electron chi connectivity index (χ2n) is 5.58. The summed E-state index contributed by atoms with van der Waals surface area (Å²) >= 11 is 0. The molecule has 2 unspecified atom stereocenters. The van der Waals surface area contributed by atoms with E-state index in [1.54, 1.807) is 61.5 Å². The van der Waals surface area contributed by atoms with E-state index in [0.717, 1.165) is 0 Å². The van der Waals surface area contributed by atoms with E-state index in [4.69, 9.17) is 0 Å². The van der Waals surface area contributed by atoms with Crippen molar-refractivity contribution >= 4 is 29.7 Å². The van der Waals surface area contributed by atoms with E-state index in [-0.39, 0.29) is 0 Å². The molecule has 2 aromatic rings. The molecule has 2 amide bonds. The highest BCUT2D eigenvalue weighted by molar-refractivity contribution is 6.05. The normalized spacial score (nSPS) is 12.7. The number of hydrogen-bond donors (Lipinski definition) is 1. The zero-order valence-corrected chi connectivity index (χ0v) is 14.1. The van der Waals surface area contributed by atoms with Crippen LogP contribution in [0.2, 0.25) is 0 Å². The smallest absolute Gasteiger partial charge is 0.326 e. The molecule has 0 heterocycles. The van der Waals surface area contributed by atoms with E-state index in [0.29, 0.717) is 17.8 Å². The Balaban J connectivity index is 2.38. The van der Waals surface area contributed by atoms with Crippen LogP contribution < -0.4 is 9.80 Å². The van der Waals surface area contributed by atoms with Crippen molar-refractivity contribution in [1.29, 1.82) is 0 Å². The van der Waals surface area contributed by atoms with Gasteiger partial charge in [-0.05, 0) is 38.1 Å². The van der Waals surface area contributed by atoms with Gasteiger partial charge in [-0.1, -0.05) is 36.4 Å². The first kappa shape index (κ1) is 18.2. The maximum Gasteiger partial charge on any atom is 0.326 e. The number of carboxylic acids is 1. The molecule has 0 spiro atoms. The molecule has 0 aromatic heterocycles. The van der Waals surface area contributed by atoms with Crippen molar-refractivity contribution in [1.82, 2.24) is 0 Å². The number of rotatable bonds is 7. The van der Waals surface area contributed by atoms with E-state index in [9.17, 15) is 19.5 Å². The van der Waals surface area contributed by atoms with Crippen LogP contribution in [-0.2, 0) is 14.4 Å². The van der Waals surface area contributed by atoms with Crippen LogP contribution in [0.15, 0.2) is 60.7 Å². The van der Waals surface area contributed by atoms with E-state index in [1.165, 1.54) is 16.7 Å². The van der Waals surface area contributed by atoms with Gasteiger partial charge in [-0.25, -0.2) is 4.79 Å². The first-order chi connectivity index (χ1) is 12.0. The summed E-state index contributed by atoms with van der Waals surface area (Å²) in [5.74, 6) is -1.60. The Hall–Kier alpha value is -3.15. The second-order valence-corrected chi connectivity index (χ2v) is 5.58. The molecule has 1 N–H and O–H groups in total. The molecule has 2 rings (SSSR count). The van der Waals surface area contributed by atoms with Crippen LogP contribution in [-0.4, -0.2) is 35.5 Å². The number of hydrogen-bond acceptors (Lipinski definition) is 3. The summed E-state index contributed by atoms with van der Waals surface area (Å²) in [6.45, 7) is 3.02. The lowest BCUT2D eigenvalue weighted by molar-refractivity contribution is -0.139. The van der Waals surface area contributed by atoms with Gasteiger partial charge in [-0.2, -0.15) is 0 Å². The largest absolute Gasteiger partial charge is 0.480 e. The van der Waals surface area contributed by atoms with Gasteiger partial charge in [0.2, 0.25) is 6.41 Å². The van der Waals surface area contributed by atoms with Crippen molar-refractivity contribution < 1.29 is 19.5 Å². The molecule has 0 aliphatic carbocycles. The SMILES string of the molecule is CC(C(=O)N(c1ccccc1)C(C)C(=O)O)N(C=O)c1ccccc1. The van der Waals surface area contributed by atoms with Crippen molar-refractivity contribution in [2.45, 2.75) is 25.9 Å². The minimum Gasteiger partial charge on any atom is -0.480 e. The molecular formula is C19H20N2O4. The van der Waals surface area contributed by atoms with Gasteiger partial charge in [0.15, 0.2) is 0 Å². The zero-order chi connectivity index (χ0) is 18.4. The number of carbonyl (C=O) groups excluding carboxylic acids is 2. The van der Waals surface area contributed by atoms with Crippen LogP contribution in [0.5, 0.6) is 0 Å². The Bertz CT molecular complexity index is 734. The molecule has 0 aliphatic rings. The molecule has 0 bridgehead atoms. The topological polar surface area (TPSA) is 77.9 Å². The number of nitrogens with zero attached hydrogens (tertiary/aromatic N) is 2. The Kier molecular flexibility index (Phi) is 5.89. The highest BCUT2D eigenvalue weighted by atomic mass is 16.4. The van der Waals surface area contributed by atoms with Gasteiger partial charge in [-0.3, -0.25) is 14.5 Å². The molecule has 6 nitrogen and oxygen atoms in total. The van der Waals surface area contributed by atoms with Crippen LogP contribution in [0, 0.1) is 0 Å². The molecular weight excluding hydrogens is 320 g/mol. The molecule has 0 saturated carbocycles. The lowest BCUT2D eigenvalue weighted by Gasteiger charge is -2.32. The molecule has 25 heavy (non-hydrogen) atoms. The quantitative estimate of drug-likeness (QED) is 0.786. The molecule has 0 saturated heterocycles. The molecule has 0 fully saturated rings. The molecule has 0 aliphatic heterocycles. The Morgan fingerprint density at radius 2 is 1.36 bits per heavy atom. The van der Waals surface area contributed by atoms with Crippen LogP contribution in [0.4, 0.5) is 11.4 Å². The number of para-hydroxylation sites is 2. The maximum absolute atomic E-state index is 13.0. The van der Waals surface area contributed by atoms with E-state index in [2.05, 4.69) is 0 Å². The van der Waals surface area contributed by atoms with Gasteiger partial charge in [0.25, 0.3) is 5.91 Å².